The summed E-state index contributed by atoms with van der Waals surface area (Å²) < 4.78 is 38.7. The minimum absolute atomic E-state index is 0.0306. The first-order valence-electron chi connectivity index (χ1n) is 8.16. The van der Waals surface area contributed by atoms with Gasteiger partial charge in [0.2, 0.25) is 0 Å². The van der Waals surface area contributed by atoms with Crippen molar-refractivity contribution in [3.8, 4) is 0 Å². The van der Waals surface area contributed by atoms with Gasteiger partial charge in [0.1, 0.15) is 18.0 Å². The van der Waals surface area contributed by atoms with E-state index in [2.05, 4.69) is 4.57 Å². The van der Waals surface area contributed by atoms with Crippen LogP contribution in [0.5, 0.6) is 0 Å². The van der Waals surface area contributed by atoms with E-state index in [1.165, 1.54) is 6.07 Å². The Balaban J connectivity index is 1.77. The predicted octanol–water partition coefficient (Wildman–Crippen LogP) is 4.02. The van der Waals surface area contributed by atoms with Crippen molar-refractivity contribution in [3.63, 3.8) is 0 Å². The van der Waals surface area contributed by atoms with Crippen molar-refractivity contribution in [2.24, 2.45) is 0 Å². The summed E-state index contributed by atoms with van der Waals surface area (Å²) in [5.74, 6) is -0.242. The Morgan fingerprint density at radius 3 is 2.79 bits per heavy atom. The summed E-state index contributed by atoms with van der Waals surface area (Å²) in [7, 11) is 0. The van der Waals surface area contributed by atoms with E-state index in [1.54, 1.807) is 6.07 Å². The molecule has 2 fully saturated rings. The molecule has 124 valence electrons. The van der Waals surface area contributed by atoms with Crippen LogP contribution < -0.4 is 0 Å². The molecule has 0 N–H and O–H groups in total. The molecule has 2 aliphatic rings. The van der Waals surface area contributed by atoms with Crippen LogP contribution in [0.2, 0.25) is 0 Å². The molecule has 6 heteroatoms. The minimum Gasteiger partial charge on any atom is -0.335 e. The SMILES string of the molecule is O=S1O[C@@H]2[C@H](CCC[C@@H]2n2c3ccccc3c3cc(F)ccc32)O1. The third-order valence-corrected chi connectivity index (χ3v) is 5.91. The molecule has 4 nitrogen and oxygen atoms in total. The smallest absolute Gasteiger partial charge is 0.305 e. The van der Waals surface area contributed by atoms with E-state index in [9.17, 15) is 8.60 Å². The van der Waals surface area contributed by atoms with E-state index in [0.717, 1.165) is 41.1 Å². The highest BCUT2D eigenvalue weighted by Gasteiger charge is 2.44. The Hall–Kier alpha value is -1.76. The molecule has 0 spiro atoms. The Kier molecular flexibility index (Phi) is 3.26. The van der Waals surface area contributed by atoms with Crippen LogP contribution in [0.4, 0.5) is 4.39 Å². The monoisotopic (exact) mass is 345 g/mol. The highest BCUT2D eigenvalue weighted by Crippen LogP contribution is 2.42. The molecule has 0 amide bonds. The van der Waals surface area contributed by atoms with Gasteiger partial charge in [0.25, 0.3) is 0 Å². The number of nitrogens with zero attached hydrogens (tertiary/aromatic N) is 1. The molecule has 4 atom stereocenters. The average Bonchev–Trinajstić information content (AvgIpc) is 3.11. The molecular weight excluding hydrogens is 329 g/mol. The molecule has 1 aromatic heterocycles. The molecule has 1 unspecified atom stereocenters. The van der Waals surface area contributed by atoms with Gasteiger partial charge in [-0.3, -0.25) is 8.37 Å². The van der Waals surface area contributed by atoms with Gasteiger partial charge in [0.05, 0.1) is 6.04 Å². The summed E-state index contributed by atoms with van der Waals surface area (Å²) in [4.78, 5) is 0. The minimum atomic E-state index is -1.67. The Bertz CT molecular complexity index is 969. The Labute approximate surface area is 141 Å². The van der Waals surface area contributed by atoms with Crippen LogP contribution in [-0.2, 0) is 19.7 Å². The van der Waals surface area contributed by atoms with E-state index < -0.39 is 11.4 Å². The van der Waals surface area contributed by atoms with E-state index in [-0.39, 0.29) is 24.1 Å². The van der Waals surface area contributed by atoms with Crippen LogP contribution in [0.1, 0.15) is 25.3 Å². The van der Waals surface area contributed by atoms with Gasteiger partial charge >= 0.3 is 11.4 Å². The van der Waals surface area contributed by atoms with Crippen molar-refractivity contribution >= 4 is 33.2 Å². The summed E-state index contributed by atoms with van der Waals surface area (Å²) in [6.45, 7) is 0. The number of fused-ring (bicyclic) bond motifs is 4. The molecular formula is C18H16FNO3S. The number of benzene rings is 2. The highest BCUT2D eigenvalue weighted by molar-refractivity contribution is 7.75. The molecule has 1 saturated heterocycles. The van der Waals surface area contributed by atoms with Gasteiger partial charge in [0.15, 0.2) is 0 Å². The second-order valence-electron chi connectivity index (χ2n) is 6.45. The summed E-state index contributed by atoms with van der Waals surface area (Å²) in [5, 5.41) is 1.92. The number of hydrogen-bond acceptors (Lipinski definition) is 3. The quantitative estimate of drug-likeness (QED) is 0.669. The van der Waals surface area contributed by atoms with Gasteiger partial charge in [-0.05, 0) is 43.5 Å². The van der Waals surface area contributed by atoms with Crippen molar-refractivity contribution in [1.29, 1.82) is 0 Å². The molecule has 1 aliphatic carbocycles. The van der Waals surface area contributed by atoms with Crippen molar-refractivity contribution in [1.82, 2.24) is 4.57 Å². The molecule has 2 aromatic carbocycles. The third kappa shape index (κ3) is 2.06. The van der Waals surface area contributed by atoms with Crippen LogP contribution in [-0.4, -0.2) is 21.0 Å². The van der Waals surface area contributed by atoms with Gasteiger partial charge < -0.3 is 4.57 Å². The van der Waals surface area contributed by atoms with Crippen LogP contribution in [0.3, 0.4) is 0 Å². The summed E-state index contributed by atoms with van der Waals surface area (Å²) in [6.07, 6.45) is 2.40. The van der Waals surface area contributed by atoms with E-state index in [4.69, 9.17) is 8.37 Å². The number of aromatic nitrogens is 1. The topological polar surface area (TPSA) is 40.5 Å². The fraction of sp³-hybridized carbons (Fsp3) is 0.333. The average molecular weight is 345 g/mol. The zero-order valence-electron chi connectivity index (χ0n) is 12.9. The van der Waals surface area contributed by atoms with Crippen molar-refractivity contribution < 1.29 is 17.0 Å². The van der Waals surface area contributed by atoms with Gasteiger partial charge in [0, 0.05) is 21.8 Å². The van der Waals surface area contributed by atoms with Crippen molar-refractivity contribution in [3.05, 3.63) is 48.3 Å². The maximum Gasteiger partial charge on any atom is 0.305 e. The van der Waals surface area contributed by atoms with Gasteiger partial charge in [-0.2, -0.15) is 4.21 Å². The van der Waals surface area contributed by atoms with Gasteiger partial charge in [-0.1, -0.05) is 18.2 Å². The summed E-state index contributed by atoms with van der Waals surface area (Å²) in [5.41, 5.74) is 2.02. The molecule has 2 heterocycles. The fourth-order valence-corrected chi connectivity index (χ4v) is 5.04. The lowest BCUT2D eigenvalue weighted by atomic mass is 9.89. The zero-order chi connectivity index (χ0) is 16.3. The molecule has 1 saturated carbocycles. The van der Waals surface area contributed by atoms with Crippen molar-refractivity contribution in [2.75, 3.05) is 0 Å². The molecule has 3 aromatic rings. The van der Waals surface area contributed by atoms with E-state index >= 15 is 0 Å². The largest absolute Gasteiger partial charge is 0.335 e. The molecule has 5 rings (SSSR count). The van der Waals surface area contributed by atoms with Crippen LogP contribution in [0.25, 0.3) is 21.8 Å². The molecule has 0 radical (unpaired) electrons. The van der Waals surface area contributed by atoms with E-state index in [1.807, 2.05) is 30.3 Å². The third-order valence-electron chi connectivity index (χ3n) is 5.13. The lowest BCUT2D eigenvalue weighted by molar-refractivity contribution is 0.0671. The Morgan fingerprint density at radius 1 is 1.04 bits per heavy atom. The van der Waals surface area contributed by atoms with E-state index in [0.29, 0.717) is 0 Å². The first kappa shape index (κ1) is 14.6. The molecule has 0 bridgehead atoms. The highest BCUT2D eigenvalue weighted by atomic mass is 32.2. The standard InChI is InChI=1S/C18H16FNO3S/c19-11-8-9-15-13(10-11)12-4-1-2-5-14(12)20(15)16-6-3-7-17-18(16)23-24(21)22-17/h1-2,4-5,8-10,16-18H,3,6-7H2/t16-,17-,18-,24?/m0/s1. The number of para-hydroxylation sites is 1. The van der Waals surface area contributed by atoms with Crippen LogP contribution in [0.15, 0.2) is 42.5 Å². The second-order valence-corrected chi connectivity index (χ2v) is 7.24. The van der Waals surface area contributed by atoms with Gasteiger partial charge in [-0.15, -0.1) is 0 Å². The first-order valence-corrected chi connectivity index (χ1v) is 9.16. The number of rotatable bonds is 1. The van der Waals surface area contributed by atoms with Gasteiger partial charge in [-0.25, -0.2) is 4.39 Å². The summed E-state index contributed by atoms with van der Waals surface area (Å²) >= 11 is -1.67. The van der Waals surface area contributed by atoms with Crippen LogP contribution >= 0.6 is 0 Å². The normalized spacial score (nSPS) is 30.0. The zero-order valence-corrected chi connectivity index (χ0v) is 13.7. The number of hydrogen-bond donors (Lipinski definition) is 0. The maximum atomic E-state index is 13.8. The van der Waals surface area contributed by atoms with Crippen LogP contribution in [0, 0.1) is 5.82 Å². The first-order chi connectivity index (χ1) is 11.7. The fourth-order valence-electron chi connectivity index (χ4n) is 4.16. The summed E-state index contributed by atoms with van der Waals surface area (Å²) in [6, 6.07) is 12.9. The lowest BCUT2D eigenvalue weighted by Crippen LogP contribution is -2.36. The molecule has 1 aliphatic heterocycles. The Morgan fingerprint density at radius 2 is 1.88 bits per heavy atom. The predicted molar refractivity (Wildman–Crippen MR) is 90.2 cm³/mol. The maximum absolute atomic E-state index is 13.8. The molecule has 24 heavy (non-hydrogen) atoms. The number of halogens is 1. The van der Waals surface area contributed by atoms with Crippen molar-refractivity contribution in [2.45, 2.75) is 37.5 Å². The lowest BCUT2D eigenvalue weighted by Gasteiger charge is -2.32. The second kappa shape index (κ2) is 5.37.